The zero-order valence-corrected chi connectivity index (χ0v) is 14.5. The summed E-state index contributed by atoms with van der Waals surface area (Å²) >= 11 is 0. The van der Waals surface area contributed by atoms with Crippen LogP contribution in [0.4, 0.5) is 10.2 Å². The molecule has 26 heavy (non-hydrogen) atoms. The van der Waals surface area contributed by atoms with Crippen molar-refractivity contribution < 1.29 is 13.7 Å². The molecule has 1 fully saturated rings. The highest BCUT2D eigenvalue weighted by Gasteiger charge is 2.20. The number of carbonyl (C=O) groups is 1. The van der Waals surface area contributed by atoms with Crippen LogP contribution in [0.15, 0.2) is 28.8 Å². The van der Waals surface area contributed by atoms with Crippen LogP contribution >= 0.6 is 0 Å². The van der Waals surface area contributed by atoms with Gasteiger partial charge in [0.1, 0.15) is 11.6 Å². The van der Waals surface area contributed by atoms with Crippen molar-refractivity contribution in [1.29, 1.82) is 5.26 Å². The molecule has 0 saturated carbocycles. The maximum absolute atomic E-state index is 13.9. The van der Waals surface area contributed by atoms with Crippen molar-refractivity contribution in [3.8, 4) is 6.07 Å². The second kappa shape index (κ2) is 8.08. The van der Waals surface area contributed by atoms with E-state index in [0.717, 1.165) is 13.1 Å². The van der Waals surface area contributed by atoms with Crippen molar-refractivity contribution in [2.75, 3.05) is 38.0 Å². The molecular formula is C18H20FN5O2. The predicted molar refractivity (Wildman–Crippen MR) is 92.7 cm³/mol. The van der Waals surface area contributed by atoms with Crippen molar-refractivity contribution in [3.63, 3.8) is 0 Å². The number of halogens is 1. The third-order valence-electron chi connectivity index (χ3n) is 4.30. The molecule has 0 atom stereocenters. The number of nitrogens with zero attached hydrogens (tertiary/aromatic N) is 4. The Kier molecular flexibility index (Phi) is 5.61. The normalized spacial score (nSPS) is 15.6. The number of nitriles is 1. The van der Waals surface area contributed by atoms with E-state index in [1.807, 2.05) is 11.0 Å². The van der Waals surface area contributed by atoms with Crippen molar-refractivity contribution in [2.45, 2.75) is 13.5 Å². The second-order valence-electron chi connectivity index (χ2n) is 6.34. The van der Waals surface area contributed by atoms with Gasteiger partial charge in [0.2, 0.25) is 5.91 Å². The number of aromatic nitrogens is 1. The summed E-state index contributed by atoms with van der Waals surface area (Å²) in [5.41, 5.74) is 0.983. The first kappa shape index (κ1) is 18.0. The molecule has 0 spiro atoms. The maximum Gasteiger partial charge on any atom is 0.239 e. The number of carbonyl (C=O) groups excluding carboxylic acids is 1. The van der Waals surface area contributed by atoms with E-state index in [4.69, 9.17) is 9.78 Å². The van der Waals surface area contributed by atoms with E-state index in [-0.39, 0.29) is 18.3 Å². The summed E-state index contributed by atoms with van der Waals surface area (Å²) in [7, 11) is 0. The Morgan fingerprint density at radius 1 is 1.31 bits per heavy atom. The first-order chi connectivity index (χ1) is 12.5. The largest absolute Gasteiger partial charge is 0.360 e. The van der Waals surface area contributed by atoms with E-state index in [2.05, 4.69) is 15.4 Å². The number of aryl methyl sites for hydroxylation is 1. The highest BCUT2D eigenvalue weighted by molar-refractivity contribution is 5.91. The molecule has 8 heteroatoms. The summed E-state index contributed by atoms with van der Waals surface area (Å²) in [4.78, 5) is 16.2. The first-order valence-corrected chi connectivity index (χ1v) is 8.40. The minimum atomic E-state index is -0.297. The van der Waals surface area contributed by atoms with Gasteiger partial charge in [0.05, 0.1) is 18.2 Å². The molecule has 1 aliphatic heterocycles. The molecule has 2 aromatic rings. The molecule has 0 bridgehead atoms. The molecule has 1 saturated heterocycles. The van der Waals surface area contributed by atoms with Gasteiger partial charge in [-0.05, 0) is 25.1 Å². The van der Waals surface area contributed by atoms with Gasteiger partial charge >= 0.3 is 0 Å². The van der Waals surface area contributed by atoms with Crippen LogP contribution in [0.5, 0.6) is 0 Å². The monoisotopic (exact) mass is 357 g/mol. The zero-order valence-electron chi connectivity index (χ0n) is 14.5. The Bertz CT molecular complexity index is 821. The van der Waals surface area contributed by atoms with Gasteiger partial charge in [-0.15, -0.1) is 0 Å². The average molecular weight is 357 g/mol. The first-order valence-electron chi connectivity index (χ1n) is 8.40. The summed E-state index contributed by atoms with van der Waals surface area (Å²) in [5.74, 6) is 0.619. The minimum Gasteiger partial charge on any atom is -0.360 e. The van der Waals surface area contributed by atoms with Crippen molar-refractivity contribution in [1.82, 2.24) is 15.0 Å². The number of amides is 1. The number of anilines is 1. The molecule has 136 valence electrons. The van der Waals surface area contributed by atoms with Gasteiger partial charge in [0.15, 0.2) is 5.82 Å². The number of nitrogens with one attached hydrogen (secondary N) is 1. The minimum absolute atomic E-state index is 0.139. The van der Waals surface area contributed by atoms with E-state index in [1.54, 1.807) is 19.1 Å². The fourth-order valence-corrected chi connectivity index (χ4v) is 2.92. The van der Waals surface area contributed by atoms with E-state index in [0.29, 0.717) is 42.3 Å². The van der Waals surface area contributed by atoms with Crippen LogP contribution in [0, 0.1) is 24.1 Å². The molecule has 0 radical (unpaired) electrons. The van der Waals surface area contributed by atoms with Gasteiger partial charge in [-0.1, -0.05) is 5.16 Å². The molecule has 7 nitrogen and oxygen atoms in total. The van der Waals surface area contributed by atoms with Gasteiger partial charge in [0.25, 0.3) is 0 Å². The van der Waals surface area contributed by atoms with Crippen LogP contribution in [-0.2, 0) is 11.3 Å². The number of piperazine rings is 1. The van der Waals surface area contributed by atoms with Crippen molar-refractivity contribution in [2.24, 2.45) is 0 Å². The highest BCUT2D eigenvalue weighted by Crippen LogP contribution is 2.14. The molecule has 1 aromatic carbocycles. The van der Waals surface area contributed by atoms with Crippen LogP contribution in [0.2, 0.25) is 0 Å². The van der Waals surface area contributed by atoms with Crippen molar-refractivity contribution >= 4 is 11.7 Å². The molecule has 0 aliphatic carbocycles. The van der Waals surface area contributed by atoms with Crippen LogP contribution in [0.25, 0.3) is 0 Å². The Morgan fingerprint density at radius 3 is 2.69 bits per heavy atom. The van der Waals surface area contributed by atoms with Crippen LogP contribution in [0.3, 0.4) is 0 Å². The third kappa shape index (κ3) is 4.65. The van der Waals surface area contributed by atoms with E-state index in [9.17, 15) is 9.18 Å². The predicted octanol–water partition coefficient (Wildman–Crippen LogP) is 1.75. The molecule has 1 aromatic heterocycles. The summed E-state index contributed by atoms with van der Waals surface area (Å²) < 4.78 is 18.8. The van der Waals surface area contributed by atoms with Gasteiger partial charge < -0.3 is 9.84 Å². The Hall–Kier alpha value is -2.76. The fourth-order valence-electron chi connectivity index (χ4n) is 2.92. The zero-order chi connectivity index (χ0) is 18.5. The number of hydrogen-bond donors (Lipinski definition) is 1. The third-order valence-corrected chi connectivity index (χ3v) is 4.30. The van der Waals surface area contributed by atoms with Crippen molar-refractivity contribution in [3.05, 3.63) is 47.0 Å². The lowest BCUT2D eigenvalue weighted by Gasteiger charge is -2.34. The summed E-state index contributed by atoms with van der Waals surface area (Å²) in [6.07, 6.45) is 0. The highest BCUT2D eigenvalue weighted by atomic mass is 19.1. The lowest BCUT2D eigenvalue weighted by atomic mass is 10.1. The average Bonchev–Trinajstić information content (AvgIpc) is 3.03. The number of hydrogen-bond acceptors (Lipinski definition) is 6. The smallest absolute Gasteiger partial charge is 0.239 e. The maximum atomic E-state index is 13.9. The number of benzene rings is 1. The number of rotatable bonds is 5. The Labute approximate surface area is 151 Å². The Balaban J connectivity index is 1.47. The lowest BCUT2D eigenvalue weighted by molar-refractivity contribution is -0.117. The molecule has 2 heterocycles. The van der Waals surface area contributed by atoms with Gasteiger partial charge in [0, 0.05) is 44.4 Å². The summed E-state index contributed by atoms with van der Waals surface area (Å²) in [5, 5.41) is 15.4. The molecule has 1 aliphatic rings. The van der Waals surface area contributed by atoms with Crippen LogP contribution in [0.1, 0.15) is 16.9 Å². The Morgan fingerprint density at radius 2 is 2.04 bits per heavy atom. The topological polar surface area (TPSA) is 85.4 Å². The van der Waals surface area contributed by atoms with E-state index < -0.39 is 0 Å². The van der Waals surface area contributed by atoms with E-state index >= 15 is 0 Å². The van der Waals surface area contributed by atoms with Gasteiger partial charge in [-0.2, -0.15) is 5.26 Å². The van der Waals surface area contributed by atoms with Crippen LogP contribution in [-0.4, -0.2) is 53.6 Å². The van der Waals surface area contributed by atoms with Gasteiger partial charge in [-0.3, -0.25) is 14.6 Å². The SMILES string of the molecule is Cc1cc(NC(=O)CN2CCN(Cc3cc(C#N)ccc3F)CC2)no1. The molecule has 1 amide bonds. The quantitative estimate of drug-likeness (QED) is 0.877. The molecule has 1 N–H and O–H groups in total. The second-order valence-corrected chi connectivity index (χ2v) is 6.34. The molecule has 0 unspecified atom stereocenters. The summed E-state index contributed by atoms with van der Waals surface area (Å²) in [6.45, 7) is 5.38. The molecular weight excluding hydrogens is 337 g/mol. The van der Waals surface area contributed by atoms with Crippen LogP contribution < -0.4 is 5.32 Å². The lowest BCUT2D eigenvalue weighted by Crippen LogP contribution is -2.48. The van der Waals surface area contributed by atoms with E-state index in [1.165, 1.54) is 12.1 Å². The summed E-state index contributed by atoms with van der Waals surface area (Å²) in [6, 6.07) is 8.10. The molecule has 3 rings (SSSR count). The standard InChI is InChI=1S/C18H20FN5O2/c1-13-8-17(22-26-13)21-18(25)12-24-6-4-23(5-7-24)11-15-9-14(10-20)2-3-16(15)19/h2-3,8-9H,4-7,11-12H2,1H3,(H,21,22,25). The van der Waals surface area contributed by atoms with Gasteiger partial charge in [-0.25, -0.2) is 4.39 Å². The fraction of sp³-hybridized carbons (Fsp3) is 0.389.